The molecule has 1 saturated heterocycles. The second-order valence-electron chi connectivity index (χ2n) is 4.35. The second kappa shape index (κ2) is 5.45. The van der Waals surface area contributed by atoms with Crippen LogP contribution in [0.25, 0.3) is 0 Å². The highest BCUT2D eigenvalue weighted by molar-refractivity contribution is 7.12. The molecule has 0 N–H and O–H groups in total. The number of Topliss-reactive ketones (excluding diaryl/α,β-unsaturated/α-hetero) is 1. The van der Waals surface area contributed by atoms with Crippen molar-refractivity contribution >= 4 is 23.0 Å². The molecule has 0 saturated carbocycles. The van der Waals surface area contributed by atoms with E-state index < -0.39 is 0 Å². The molecule has 0 aromatic carbocycles. The van der Waals surface area contributed by atoms with Crippen LogP contribution in [-0.2, 0) is 4.79 Å². The Hall–Kier alpha value is -1.16. The number of hydrogen-bond donors (Lipinski definition) is 0. The first kappa shape index (κ1) is 12.3. The van der Waals surface area contributed by atoms with E-state index in [0.29, 0.717) is 6.42 Å². The number of rotatable bonds is 3. The maximum Gasteiger partial charge on any atom is 0.222 e. The Labute approximate surface area is 105 Å². The minimum absolute atomic E-state index is 0.106. The quantitative estimate of drug-likeness (QED) is 0.774. The molecule has 1 aliphatic rings. The van der Waals surface area contributed by atoms with Gasteiger partial charge < -0.3 is 4.90 Å². The lowest BCUT2D eigenvalue weighted by Gasteiger charge is -2.30. The van der Waals surface area contributed by atoms with Crippen LogP contribution in [-0.4, -0.2) is 29.7 Å². The number of nitrogens with zero attached hydrogens (tertiary/aromatic N) is 1. The third-order valence-electron chi connectivity index (χ3n) is 3.28. The highest BCUT2D eigenvalue weighted by atomic mass is 32.1. The number of amides is 1. The van der Waals surface area contributed by atoms with Gasteiger partial charge in [0.1, 0.15) is 0 Å². The summed E-state index contributed by atoms with van der Waals surface area (Å²) in [4.78, 5) is 26.4. The van der Waals surface area contributed by atoms with E-state index in [-0.39, 0.29) is 17.6 Å². The topological polar surface area (TPSA) is 37.4 Å². The summed E-state index contributed by atoms with van der Waals surface area (Å²) in [7, 11) is 0. The minimum atomic E-state index is 0.106. The van der Waals surface area contributed by atoms with Crippen molar-refractivity contribution in [1.82, 2.24) is 4.90 Å². The van der Waals surface area contributed by atoms with Crippen LogP contribution < -0.4 is 0 Å². The maximum atomic E-state index is 12.1. The largest absolute Gasteiger partial charge is 0.343 e. The first-order chi connectivity index (χ1) is 8.22. The summed E-state index contributed by atoms with van der Waals surface area (Å²) in [5, 5.41) is 1.93. The third-order valence-corrected chi connectivity index (χ3v) is 4.17. The van der Waals surface area contributed by atoms with Crippen LogP contribution in [0.2, 0.25) is 0 Å². The molecular weight excluding hydrogens is 234 g/mol. The molecule has 1 aromatic heterocycles. The van der Waals surface area contributed by atoms with E-state index >= 15 is 0 Å². The van der Waals surface area contributed by atoms with Crippen LogP contribution >= 0.6 is 11.3 Å². The zero-order valence-electron chi connectivity index (χ0n) is 10.0. The molecule has 92 valence electrons. The van der Waals surface area contributed by atoms with Gasteiger partial charge in [-0.25, -0.2) is 0 Å². The smallest absolute Gasteiger partial charge is 0.222 e. The molecule has 1 aliphatic heterocycles. The number of ketones is 1. The van der Waals surface area contributed by atoms with Gasteiger partial charge >= 0.3 is 0 Å². The van der Waals surface area contributed by atoms with Gasteiger partial charge in [0, 0.05) is 25.4 Å². The lowest BCUT2D eigenvalue weighted by molar-refractivity contribution is -0.132. The molecular formula is C13H17NO2S. The second-order valence-corrected chi connectivity index (χ2v) is 5.30. The molecule has 0 aliphatic carbocycles. The molecule has 4 heteroatoms. The molecule has 0 radical (unpaired) electrons. The van der Waals surface area contributed by atoms with Gasteiger partial charge in [-0.3, -0.25) is 9.59 Å². The molecule has 0 bridgehead atoms. The van der Waals surface area contributed by atoms with Gasteiger partial charge in [-0.05, 0) is 24.3 Å². The predicted molar refractivity (Wildman–Crippen MR) is 68.2 cm³/mol. The SMILES string of the molecule is CCC(=O)N1CCC(C(=O)c2cccs2)CC1. The highest BCUT2D eigenvalue weighted by Crippen LogP contribution is 2.24. The van der Waals surface area contributed by atoms with E-state index in [2.05, 4.69) is 0 Å². The fraction of sp³-hybridized carbons (Fsp3) is 0.538. The van der Waals surface area contributed by atoms with E-state index in [4.69, 9.17) is 0 Å². The lowest BCUT2D eigenvalue weighted by Crippen LogP contribution is -2.39. The van der Waals surface area contributed by atoms with Crippen LogP contribution in [0.4, 0.5) is 0 Å². The highest BCUT2D eigenvalue weighted by Gasteiger charge is 2.27. The summed E-state index contributed by atoms with van der Waals surface area (Å²) in [6, 6.07) is 3.80. The Bertz CT molecular complexity index is 392. The molecule has 2 heterocycles. The van der Waals surface area contributed by atoms with Crippen molar-refractivity contribution < 1.29 is 9.59 Å². The Morgan fingerprint density at radius 2 is 2.12 bits per heavy atom. The van der Waals surface area contributed by atoms with Crippen molar-refractivity contribution in [3.05, 3.63) is 22.4 Å². The monoisotopic (exact) mass is 251 g/mol. The van der Waals surface area contributed by atoms with E-state index in [9.17, 15) is 9.59 Å². The van der Waals surface area contributed by atoms with Gasteiger partial charge in [0.25, 0.3) is 0 Å². The average Bonchev–Trinajstić information content (AvgIpc) is 2.91. The van der Waals surface area contributed by atoms with Crippen molar-refractivity contribution in [1.29, 1.82) is 0 Å². The van der Waals surface area contributed by atoms with Crippen molar-refractivity contribution in [2.45, 2.75) is 26.2 Å². The van der Waals surface area contributed by atoms with E-state index in [1.165, 1.54) is 11.3 Å². The lowest BCUT2D eigenvalue weighted by atomic mass is 9.91. The number of piperidine rings is 1. The molecule has 3 nitrogen and oxygen atoms in total. The summed E-state index contributed by atoms with van der Waals surface area (Å²) in [6.07, 6.45) is 2.18. The van der Waals surface area contributed by atoms with Crippen molar-refractivity contribution in [3.8, 4) is 0 Å². The zero-order valence-corrected chi connectivity index (χ0v) is 10.8. The van der Waals surface area contributed by atoms with E-state index in [0.717, 1.165) is 30.8 Å². The van der Waals surface area contributed by atoms with Gasteiger partial charge in [0.15, 0.2) is 5.78 Å². The Morgan fingerprint density at radius 1 is 1.41 bits per heavy atom. The summed E-state index contributed by atoms with van der Waals surface area (Å²) in [5.74, 6) is 0.560. The predicted octanol–water partition coefficient (Wildman–Crippen LogP) is 2.58. The van der Waals surface area contributed by atoms with Gasteiger partial charge in [-0.1, -0.05) is 13.0 Å². The molecule has 0 atom stereocenters. The van der Waals surface area contributed by atoms with Crippen LogP contribution in [0, 0.1) is 5.92 Å². The van der Waals surface area contributed by atoms with E-state index in [1.54, 1.807) is 0 Å². The molecule has 2 rings (SSSR count). The van der Waals surface area contributed by atoms with Crippen molar-refractivity contribution in [2.24, 2.45) is 5.92 Å². The first-order valence-electron chi connectivity index (χ1n) is 6.08. The Balaban J connectivity index is 1.91. The molecule has 1 amide bonds. The summed E-state index contributed by atoms with van der Waals surface area (Å²) in [5.41, 5.74) is 0. The van der Waals surface area contributed by atoms with Crippen LogP contribution in [0.5, 0.6) is 0 Å². The third kappa shape index (κ3) is 2.75. The molecule has 17 heavy (non-hydrogen) atoms. The summed E-state index contributed by atoms with van der Waals surface area (Å²) in [6.45, 7) is 3.34. The van der Waals surface area contributed by atoms with Crippen LogP contribution in [0.1, 0.15) is 35.9 Å². The molecule has 1 aromatic rings. The molecule has 0 spiro atoms. The molecule has 0 unspecified atom stereocenters. The van der Waals surface area contributed by atoms with Gasteiger partial charge in [-0.2, -0.15) is 0 Å². The molecule has 1 fully saturated rings. The average molecular weight is 251 g/mol. The van der Waals surface area contributed by atoms with Crippen LogP contribution in [0.3, 0.4) is 0 Å². The van der Waals surface area contributed by atoms with Gasteiger partial charge in [0.05, 0.1) is 4.88 Å². The first-order valence-corrected chi connectivity index (χ1v) is 6.95. The fourth-order valence-corrected chi connectivity index (χ4v) is 2.98. The summed E-state index contributed by atoms with van der Waals surface area (Å²) < 4.78 is 0. The number of thiophene rings is 1. The van der Waals surface area contributed by atoms with Crippen LogP contribution in [0.15, 0.2) is 17.5 Å². The standard InChI is InChI=1S/C13H17NO2S/c1-2-12(15)14-7-5-10(6-8-14)13(16)11-4-3-9-17-11/h3-4,9-10H,2,5-8H2,1H3. The number of likely N-dealkylation sites (tertiary alicyclic amines) is 1. The number of carbonyl (C=O) groups excluding carboxylic acids is 2. The maximum absolute atomic E-state index is 12.1. The van der Waals surface area contributed by atoms with Gasteiger partial charge in [0.2, 0.25) is 5.91 Å². The Morgan fingerprint density at radius 3 is 2.65 bits per heavy atom. The summed E-state index contributed by atoms with van der Waals surface area (Å²) >= 11 is 1.51. The normalized spacial score (nSPS) is 17.1. The zero-order chi connectivity index (χ0) is 12.3. The Kier molecular flexibility index (Phi) is 3.94. The fourth-order valence-electron chi connectivity index (χ4n) is 2.23. The van der Waals surface area contributed by atoms with Gasteiger partial charge in [-0.15, -0.1) is 11.3 Å². The minimum Gasteiger partial charge on any atom is -0.343 e. The number of carbonyl (C=O) groups is 2. The van der Waals surface area contributed by atoms with Crippen molar-refractivity contribution in [2.75, 3.05) is 13.1 Å². The van der Waals surface area contributed by atoms with E-state index in [1.807, 2.05) is 29.3 Å². The van der Waals surface area contributed by atoms with Crippen molar-refractivity contribution in [3.63, 3.8) is 0 Å². The number of hydrogen-bond acceptors (Lipinski definition) is 3.